The molecule has 18 heavy (non-hydrogen) atoms. The third-order valence-electron chi connectivity index (χ3n) is 2.27. The molecule has 0 unspecified atom stereocenters. The van der Waals surface area contributed by atoms with Crippen molar-refractivity contribution in [2.24, 2.45) is 11.1 Å². The highest BCUT2D eigenvalue weighted by molar-refractivity contribution is 5.83. The molecular weight excluding hydrogens is 238 g/mol. The van der Waals surface area contributed by atoms with E-state index in [0.717, 1.165) is 0 Å². The highest BCUT2D eigenvalue weighted by Gasteiger charge is 2.32. The van der Waals surface area contributed by atoms with Crippen molar-refractivity contribution in [2.75, 3.05) is 6.54 Å². The molecule has 1 atom stereocenters. The summed E-state index contributed by atoms with van der Waals surface area (Å²) in [5.41, 5.74) is 4.35. The first-order valence-electron chi connectivity index (χ1n) is 5.70. The second-order valence-corrected chi connectivity index (χ2v) is 5.11. The summed E-state index contributed by atoms with van der Waals surface area (Å²) in [4.78, 5) is 32.9. The Morgan fingerprint density at radius 2 is 1.83 bits per heavy atom. The largest absolute Gasteiger partial charge is 0.480 e. The number of carbonyl (C=O) groups is 3. The van der Waals surface area contributed by atoms with Crippen LogP contribution in [0.3, 0.4) is 0 Å². The molecular formula is C11H21N3O4. The van der Waals surface area contributed by atoms with Gasteiger partial charge in [0.15, 0.2) is 0 Å². The van der Waals surface area contributed by atoms with E-state index in [0.29, 0.717) is 6.42 Å². The number of amides is 3. The van der Waals surface area contributed by atoms with Gasteiger partial charge in [-0.25, -0.2) is 9.59 Å². The van der Waals surface area contributed by atoms with Crippen LogP contribution in [0.4, 0.5) is 4.79 Å². The predicted octanol–water partition coefficient (Wildman–Crippen LogP) is 0.0504. The van der Waals surface area contributed by atoms with Gasteiger partial charge in [0.05, 0.1) is 0 Å². The maximum Gasteiger partial charge on any atom is 0.326 e. The highest BCUT2D eigenvalue weighted by Crippen LogP contribution is 2.19. The summed E-state index contributed by atoms with van der Waals surface area (Å²) in [5, 5.41) is 13.9. The molecule has 0 heterocycles. The first-order valence-corrected chi connectivity index (χ1v) is 5.70. The summed E-state index contributed by atoms with van der Waals surface area (Å²) in [7, 11) is 0. The average molecular weight is 259 g/mol. The molecule has 0 rings (SSSR count). The number of hydrogen-bond donors (Lipinski definition) is 4. The van der Waals surface area contributed by atoms with E-state index in [-0.39, 0.29) is 13.0 Å². The SMILES string of the molecule is CC(C)(C)[C@H](NC(=O)NCCCC(N)=O)C(=O)O. The highest BCUT2D eigenvalue weighted by atomic mass is 16.4. The fourth-order valence-electron chi connectivity index (χ4n) is 1.30. The molecule has 0 fully saturated rings. The van der Waals surface area contributed by atoms with E-state index in [2.05, 4.69) is 10.6 Å². The summed E-state index contributed by atoms with van der Waals surface area (Å²) >= 11 is 0. The number of aliphatic carboxylic acids is 1. The van der Waals surface area contributed by atoms with Crippen LogP contribution in [0, 0.1) is 5.41 Å². The number of carbonyl (C=O) groups excluding carboxylic acids is 2. The Hall–Kier alpha value is -1.79. The molecule has 3 amide bonds. The van der Waals surface area contributed by atoms with E-state index >= 15 is 0 Å². The van der Waals surface area contributed by atoms with Gasteiger partial charge in [-0.05, 0) is 11.8 Å². The zero-order chi connectivity index (χ0) is 14.3. The van der Waals surface area contributed by atoms with Crippen molar-refractivity contribution in [3.05, 3.63) is 0 Å². The number of urea groups is 1. The number of carboxylic acids is 1. The third kappa shape index (κ3) is 6.72. The van der Waals surface area contributed by atoms with Gasteiger partial charge in [0.1, 0.15) is 6.04 Å². The fraction of sp³-hybridized carbons (Fsp3) is 0.727. The van der Waals surface area contributed by atoms with Gasteiger partial charge >= 0.3 is 12.0 Å². The molecule has 0 saturated heterocycles. The van der Waals surface area contributed by atoms with Crippen LogP contribution in [0.2, 0.25) is 0 Å². The maximum absolute atomic E-state index is 11.4. The Balaban J connectivity index is 4.12. The van der Waals surface area contributed by atoms with Crippen LogP contribution in [-0.2, 0) is 9.59 Å². The number of nitrogens with one attached hydrogen (secondary N) is 2. The molecule has 0 aromatic rings. The normalized spacial score (nSPS) is 12.6. The minimum atomic E-state index is -1.09. The van der Waals surface area contributed by atoms with Crippen LogP contribution in [0.25, 0.3) is 0 Å². The van der Waals surface area contributed by atoms with Crippen molar-refractivity contribution in [2.45, 2.75) is 39.7 Å². The zero-order valence-electron chi connectivity index (χ0n) is 10.9. The van der Waals surface area contributed by atoms with Crippen LogP contribution in [0.15, 0.2) is 0 Å². The monoisotopic (exact) mass is 259 g/mol. The predicted molar refractivity (Wildman–Crippen MR) is 65.8 cm³/mol. The van der Waals surface area contributed by atoms with Crippen LogP contribution in [0.5, 0.6) is 0 Å². The van der Waals surface area contributed by atoms with Gasteiger partial charge in [-0.2, -0.15) is 0 Å². The first-order chi connectivity index (χ1) is 8.14. The van der Waals surface area contributed by atoms with Crippen LogP contribution in [-0.4, -0.2) is 35.6 Å². The van der Waals surface area contributed by atoms with Crippen molar-refractivity contribution in [1.29, 1.82) is 0 Å². The smallest absolute Gasteiger partial charge is 0.326 e. The number of hydrogen-bond acceptors (Lipinski definition) is 3. The molecule has 104 valence electrons. The van der Waals surface area contributed by atoms with E-state index in [1.165, 1.54) is 0 Å². The van der Waals surface area contributed by atoms with Crippen LogP contribution < -0.4 is 16.4 Å². The van der Waals surface area contributed by atoms with Crippen molar-refractivity contribution in [3.8, 4) is 0 Å². The Kier molecular flexibility index (Phi) is 6.15. The summed E-state index contributed by atoms with van der Waals surface area (Å²) in [6.07, 6.45) is 0.609. The maximum atomic E-state index is 11.4. The second-order valence-electron chi connectivity index (χ2n) is 5.11. The lowest BCUT2D eigenvalue weighted by Gasteiger charge is -2.27. The minimum absolute atomic E-state index is 0.182. The van der Waals surface area contributed by atoms with E-state index in [1.54, 1.807) is 20.8 Å². The summed E-state index contributed by atoms with van der Waals surface area (Å²) in [5.74, 6) is -1.52. The number of rotatable bonds is 6. The fourth-order valence-corrected chi connectivity index (χ4v) is 1.30. The Labute approximate surface area is 106 Å². The van der Waals surface area contributed by atoms with E-state index in [4.69, 9.17) is 10.8 Å². The summed E-state index contributed by atoms with van der Waals surface area (Å²) < 4.78 is 0. The summed E-state index contributed by atoms with van der Waals surface area (Å²) in [6, 6.07) is -1.55. The van der Waals surface area contributed by atoms with E-state index < -0.39 is 29.4 Å². The standard InChI is InChI=1S/C11H21N3O4/c1-11(2,3)8(9(16)17)14-10(18)13-6-4-5-7(12)15/h8H,4-6H2,1-3H3,(H2,12,15)(H,16,17)(H2,13,14,18)/t8-/m1/s1. The van der Waals surface area contributed by atoms with Crippen molar-refractivity contribution in [3.63, 3.8) is 0 Å². The van der Waals surface area contributed by atoms with Gasteiger partial charge in [-0.15, -0.1) is 0 Å². The molecule has 0 aliphatic rings. The molecule has 0 saturated carbocycles. The molecule has 0 spiro atoms. The molecule has 0 bridgehead atoms. The lowest BCUT2D eigenvalue weighted by atomic mass is 9.87. The van der Waals surface area contributed by atoms with Gasteiger partial charge in [-0.1, -0.05) is 20.8 Å². The molecule has 0 aliphatic heterocycles. The van der Waals surface area contributed by atoms with E-state index in [9.17, 15) is 14.4 Å². The molecule has 0 aliphatic carbocycles. The second kappa shape index (κ2) is 6.83. The van der Waals surface area contributed by atoms with Crippen molar-refractivity contribution in [1.82, 2.24) is 10.6 Å². The zero-order valence-corrected chi connectivity index (χ0v) is 10.9. The third-order valence-corrected chi connectivity index (χ3v) is 2.27. The first kappa shape index (κ1) is 16.2. The van der Waals surface area contributed by atoms with E-state index in [1.807, 2.05) is 0 Å². The van der Waals surface area contributed by atoms with Gasteiger partial charge in [0, 0.05) is 13.0 Å². The van der Waals surface area contributed by atoms with Gasteiger partial charge in [-0.3, -0.25) is 4.79 Å². The molecule has 7 nitrogen and oxygen atoms in total. The van der Waals surface area contributed by atoms with Gasteiger partial charge in [0.25, 0.3) is 0 Å². The molecule has 0 aromatic heterocycles. The number of primary amides is 1. The molecule has 0 radical (unpaired) electrons. The Morgan fingerprint density at radius 3 is 2.22 bits per heavy atom. The van der Waals surface area contributed by atoms with Crippen molar-refractivity contribution < 1.29 is 19.5 Å². The van der Waals surface area contributed by atoms with Crippen molar-refractivity contribution >= 4 is 17.9 Å². The number of carboxylic acid groups (broad SMARTS) is 1. The lowest BCUT2D eigenvalue weighted by molar-refractivity contribution is -0.141. The number of nitrogens with two attached hydrogens (primary N) is 1. The Bertz CT molecular complexity index is 323. The summed E-state index contributed by atoms with van der Waals surface area (Å²) in [6.45, 7) is 5.43. The molecule has 7 heteroatoms. The minimum Gasteiger partial charge on any atom is -0.480 e. The molecule has 0 aromatic carbocycles. The molecule has 5 N–H and O–H groups in total. The topological polar surface area (TPSA) is 122 Å². The van der Waals surface area contributed by atoms with Gasteiger partial charge in [0.2, 0.25) is 5.91 Å². The van der Waals surface area contributed by atoms with Crippen LogP contribution >= 0.6 is 0 Å². The quantitative estimate of drug-likeness (QED) is 0.503. The van der Waals surface area contributed by atoms with Crippen LogP contribution in [0.1, 0.15) is 33.6 Å². The lowest BCUT2D eigenvalue weighted by Crippen LogP contribution is -2.52. The Morgan fingerprint density at radius 1 is 1.28 bits per heavy atom. The average Bonchev–Trinajstić information content (AvgIpc) is 2.18. The van der Waals surface area contributed by atoms with Gasteiger partial charge < -0.3 is 21.5 Å².